The molecule has 8 heterocycles. The van der Waals surface area contributed by atoms with Crippen molar-refractivity contribution in [3.63, 3.8) is 0 Å². The lowest BCUT2D eigenvalue weighted by Gasteiger charge is -2.43. The number of hydrogen-bond acceptors (Lipinski definition) is 17. The molecule has 0 spiro atoms. The van der Waals surface area contributed by atoms with E-state index in [-0.39, 0.29) is 0 Å². The first-order valence-electron chi connectivity index (χ1n) is 43.5. The second-order valence-electron chi connectivity index (χ2n) is 32.1. The summed E-state index contributed by atoms with van der Waals surface area (Å²) in [4.78, 5) is 42.8. The molecule has 0 aromatic heterocycles. The molecule has 0 atom stereocenters. The predicted molar refractivity (Wildman–Crippen MR) is 424 cm³/mol. The largest absolute Gasteiger partial charge is 0.314 e. The molecule has 0 amide bonds. The lowest BCUT2D eigenvalue weighted by atomic mass is 10.2. The van der Waals surface area contributed by atoms with Crippen LogP contribution in [0.25, 0.3) is 0 Å². The third-order valence-electron chi connectivity index (χ3n) is 22.3. The lowest BCUT2D eigenvalue weighted by Crippen LogP contribution is -2.56. The van der Waals surface area contributed by atoms with Crippen molar-refractivity contribution in [1.29, 1.82) is 0 Å². The second-order valence-corrected chi connectivity index (χ2v) is 32.1. The van der Waals surface area contributed by atoms with Crippen molar-refractivity contribution < 1.29 is 0 Å². The van der Waals surface area contributed by atoms with Crippen LogP contribution in [0.3, 0.4) is 0 Å². The molecule has 0 aromatic rings. The van der Waals surface area contributed by atoms with Crippen LogP contribution in [-0.2, 0) is 0 Å². The van der Waals surface area contributed by atoms with Crippen LogP contribution in [0.4, 0.5) is 0 Å². The highest BCUT2D eigenvalue weighted by atomic mass is 15.5. The molecule has 580 valence electrons. The molecule has 1 N–H and O–H groups in total. The van der Waals surface area contributed by atoms with E-state index < -0.39 is 0 Å². The SMILES string of the molecule is C1CCN(CCCN2CN(CCCN3CCCC3)CN(CCCN3CCCC3)C2)C1.CCCCCCN1CN(CCCCCC)CN(CCCCCC)C1.CCCCCCN1CN(CCCCCC)CN(CCN2CCNCC2)C1.CCCCN1CN(CCCC)CN(CCCC)C1. The van der Waals surface area contributed by atoms with Gasteiger partial charge in [-0.25, -0.2) is 0 Å². The minimum atomic E-state index is 1.16. The van der Waals surface area contributed by atoms with Gasteiger partial charge in [-0.1, -0.05) is 171 Å². The fourth-order valence-electron chi connectivity index (χ4n) is 16.4. The molecule has 0 radical (unpaired) electrons. The van der Waals surface area contributed by atoms with Crippen molar-refractivity contribution in [3.8, 4) is 0 Å². The average molecular weight is 1380 g/mol. The predicted octanol–water partition coefficient (Wildman–Crippen LogP) is 13.8. The van der Waals surface area contributed by atoms with E-state index in [1.54, 1.807) is 0 Å². The number of rotatable bonds is 49. The smallest absolute Gasteiger partial charge is 0.0530 e. The average Bonchev–Trinajstić information content (AvgIpc) is 1.03. The Morgan fingerprint density at radius 2 is 0.316 bits per heavy atom. The van der Waals surface area contributed by atoms with Crippen LogP contribution in [0, 0.1) is 0 Å². The van der Waals surface area contributed by atoms with Gasteiger partial charge in [0.25, 0.3) is 0 Å². The molecule has 0 saturated carbocycles. The highest BCUT2D eigenvalue weighted by molar-refractivity contribution is 4.78. The maximum atomic E-state index is 3.46. The molecular weight excluding hydrogens is 1210 g/mol. The lowest BCUT2D eigenvalue weighted by molar-refractivity contribution is -0.0339. The summed E-state index contributed by atoms with van der Waals surface area (Å²) >= 11 is 0. The summed E-state index contributed by atoms with van der Waals surface area (Å²) in [6.45, 7) is 65.7. The van der Waals surface area contributed by atoms with Crippen molar-refractivity contribution in [1.82, 2.24) is 83.7 Å². The number of likely N-dealkylation sites (tertiary alicyclic amines) is 3. The zero-order valence-electron chi connectivity index (χ0n) is 67.3. The number of unbranched alkanes of at least 4 members (excludes halogenated alkanes) is 18. The van der Waals surface area contributed by atoms with Crippen molar-refractivity contribution in [2.75, 3.05) is 250 Å². The van der Waals surface area contributed by atoms with Crippen molar-refractivity contribution in [2.45, 2.75) is 280 Å². The number of piperazine rings is 1. The Labute approximate surface area is 611 Å². The van der Waals surface area contributed by atoms with Gasteiger partial charge >= 0.3 is 0 Å². The van der Waals surface area contributed by atoms with Crippen molar-refractivity contribution in [2.24, 2.45) is 0 Å². The van der Waals surface area contributed by atoms with Gasteiger partial charge in [0, 0.05) is 111 Å². The molecule has 17 nitrogen and oxygen atoms in total. The highest BCUT2D eigenvalue weighted by Crippen LogP contribution is 2.19. The summed E-state index contributed by atoms with van der Waals surface area (Å²) in [5.74, 6) is 0. The van der Waals surface area contributed by atoms with Crippen LogP contribution in [-0.4, -0.2) is 329 Å². The van der Waals surface area contributed by atoms with Gasteiger partial charge in [0.1, 0.15) is 0 Å². The Hall–Kier alpha value is -0.680. The Morgan fingerprint density at radius 3 is 0.531 bits per heavy atom. The van der Waals surface area contributed by atoms with E-state index in [4.69, 9.17) is 0 Å². The van der Waals surface area contributed by atoms with Crippen molar-refractivity contribution in [3.05, 3.63) is 0 Å². The second kappa shape index (κ2) is 59.5. The van der Waals surface area contributed by atoms with E-state index in [0.29, 0.717) is 0 Å². The minimum Gasteiger partial charge on any atom is -0.314 e. The van der Waals surface area contributed by atoms with E-state index in [9.17, 15) is 0 Å². The first kappa shape index (κ1) is 88.0. The molecule has 0 unspecified atom stereocenters. The fraction of sp³-hybridized carbons (Fsp3) is 1.00. The molecular formula is C81H171N17. The maximum Gasteiger partial charge on any atom is 0.0530 e. The van der Waals surface area contributed by atoms with Crippen LogP contribution in [0.15, 0.2) is 0 Å². The van der Waals surface area contributed by atoms with Gasteiger partial charge in [-0.3, -0.25) is 63.7 Å². The molecule has 17 heteroatoms. The molecule has 0 aliphatic carbocycles. The zero-order chi connectivity index (χ0) is 69.6. The van der Waals surface area contributed by atoms with E-state index in [1.165, 1.54) is 462 Å². The Kier molecular flexibility index (Phi) is 53.4. The van der Waals surface area contributed by atoms with E-state index in [0.717, 1.165) is 13.1 Å². The minimum absolute atomic E-state index is 1.16. The number of nitrogens with one attached hydrogen (secondary N) is 1. The van der Waals surface area contributed by atoms with Crippen LogP contribution in [0.5, 0.6) is 0 Å². The van der Waals surface area contributed by atoms with Crippen molar-refractivity contribution >= 4 is 0 Å². The van der Waals surface area contributed by atoms with E-state index >= 15 is 0 Å². The molecule has 8 aliphatic heterocycles. The molecule has 8 aliphatic rings. The van der Waals surface area contributed by atoms with Gasteiger partial charge in [-0.15, -0.1) is 0 Å². The standard InChI is InChI=1S/C24H48N6.C21H45N5.C21H45N3.C15H33N3/c1-2-11-25(10-1)16-7-19-28-22-29(20-8-17-26-12-3-4-13-26)24-30(23-28)21-9-18-27-14-5-6-15-27;1-3-5-7-9-13-24-19-25(14-10-8-6-4-2)21-26(20-24)18-17-23-15-11-22-12-16-23;1-4-7-10-13-16-22-19-23(17-14-11-8-5-2)21-24(20-22)18-15-12-9-6-3;1-4-7-10-16-13-17(11-8-5-2)15-18(14-16)12-9-6-3/h1-24H2;22H,3-21H2,1-2H3;4-21H2,1-3H3;4-15H2,1-3H3. The fourth-order valence-corrected chi connectivity index (χ4v) is 16.4. The first-order chi connectivity index (χ1) is 48.3. The summed E-state index contributed by atoms with van der Waals surface area (Å²) < 4.78 is 0. The summed E-state index contributed by atoms with van der Waals surface area (Å²) in [7, 11) is 0. The van der Waals surface area contributed by atoms with Crippen LogP contribution in [0.2, 0.25) is 0 Å². The summed E-state index contributed by atoms with van der Waals surface area (Å²) in [6, 6.07) is 0. The summed E-state index contributed by atoms with van der Waals surface area (Å²) in [5, 5.41) is 3.46. The summed E-state index contributed by atoms with van der Waals surface area (Å²) in [6.07, 6.45) is 47.9. The van der Waals surface area contributed by atoms with Gasteiger partial charge in [0.2, 0.25) is 0 Å². The Morgan fingerprint density at radius 1 is 0.153 bits per heavy atom. The summed E-state index contributed by atoms with van der Waals surface area (Å²) in [5.41, 5.74) is 0. The molecule has 0 aromatic carbocycles. The van der Waals surface area contributed by atoms with Gasteiger partial charge in [0.15, 0.2) is 0 Å². The van der Waals surface area contributed by atoms with E-state index in [1.807, 2.05) is 0 Å². The van der Waals surface area contributed by atoms with Gasteiger partial charge in [-0.2, -0.15) is 0 Å². The molecule has 8 fully saturated rings. The van der Waals surface area contributed by atoms with Gasteiger partial charge in [0.05, 0.1) is 80.0 Å². The monoisotopic (exact) mass is 1380 g/mol. The van der Waals surface area contributed by atoms with Gasteiger partial charge in [-0.05, 0) is 168 Å². The normalized spacial score (nSPS) is 21.7. The maximum absolute atomic E-state index is 3.46. The third kappa shape index (κ3) is 42.5. The van der Waals surface area contributed by atoms with Crippen LogP contribution < -0.4 is 5.32 Å². The molecule has 8 saturated heterocycles. The van der Waals surface area contributed by atoms with Crippen LogP contribution >= 0.6 is 0 Å². The topological polar surface area (TPSA) is 63.9 Å². The van der Waals surface area contributed by atoms with Gasteiger partial charge < -0.3 is 20.0 Å². The van der Waals surface area contributed by atoms with E-state index in [2.05, 4.69) is 139 Å². The number of hydrogen-bond donors (Lipinski definition) is 1. The van der Waals surface area contributed by atoms with Crippen LogP contribution in [0.1, 0.15) is 280 Å². The Bertz CT molecular complexity index is 1550. The molecule has 0 bridgehead atoms. The molecule has 98 heavy (non-hydrogen) atoms. The zero-order valence-corrected chi connectivity index (χ0v) is 67.3. The number of nitrogens with zero attached hydrogens (tertiary/aromatic N) is 16. The first-order valence-corrected chi connectivity index (χ1v) is 43.5. The third-order valence-corrected chi connectivity index (χ3v) is 22.3. The highest BCUT2D eigenvalue weighted by Gasteiger charge is 2.28. The molecule has 8 rings (SSSR count). The quantitative estimate of drug-likeness (QED) is 0.0588. The Balaban J connectivity index is 0.000000240.